The summed E-state index contributed by atoms with van der Waals surface area (Å²) in [5, 5.41) is 0. The van der Waals surface area contributed by atoms with Crippen LogP contribution in [0.3, 0.4) is 0 Å². The van der Waals surface area contributed by atoms with Gasteiger partial charge in [-0.1, -0.05) is 45.6 Å². The highest BCUT2D eigenvalue weighted by Gasteiger charge is 2.16. The Bertz CT molecular complexity index is 325. The van der Waals surface area contributed by atoms with Crippen LogP contribution in [-0.4, -0.2) is 18.4 Å². The number of ether oxygens (including phenoxy) is 1. The molecule has 3 heteroatoms. The number of amides is 1. The molecule has 0 spiro atoms. The topological polar surface area (TPSA) is 38.7 Å². The number of nitrogens with zero attached hydrogens (tertiary/aromatic N) is 1. The van der Waals surface area contributed by atoms with E-state index >= 15 is 0 Å². The Morgan fingerprint density at radius 1 is 1.56 bits per heavy atom. The molecule has 1 heterocycles. The zero-order chi connectivity index (χ0) is 12.4. The molecule has 0 fully saturated rings. The van der Waals surface area contributed by atoms with Gasteiger partial charge in [0.15, 0.2) is 6.61 Å². The Hall–Kier alpha value is -1.64. The molecule has 0 aromatic rings. The first kappa shape index (κ1) is 14.4. The summed E-state index contributed by atoms with van der Waals surface area (Å²) in [7, 11) is 0. The summed E-state index contributed by atoms with van der Waals surface area (Å²) in [6, 6.07) is 0. The first-order chi connectivity index (χ1) is 7.77. The Morgan fingerprint density at radius 2 is 2.25 bits per heavy atom. The molecular weight excluding hydrogens is 202 g/mol. The second-order valence-corrected chi connectivity index (χ2v) is 2.76. The van der Waals surface area contributed by atoms with Gasteiger partial charge < -0.3 is 4.74 Å². The minimum Gasteiger partial charge on any atom is -0.467 e. The fourth-order valence-electron chi connectivity index (χ4n) is 0.990. The molecule has 1 rings (SSSR count). The van der Waals surface area contributed by atoms with E-state index in [9.17, 15) is 4.79 Å². The Morgan fingerprint density at radius 3 is 2.69 bits per heavy atom. The lowest BCUT2D eigenvalue weighted by Gasteiger charge is -1.98. The molecule has 0 bridgehead atoms. The van der Waals surface area contributed by atoms with E-state index in [-0.39, 0.29) is 12.5 Å². The summed E-state index contributed by atoms with van der Waals surface area (Å²) in [5.41, 5.74) is 0.737. The van der Waals surface area contributed by atoms with Crippen molar-refractivity contribution in [2.45, 2.75) is 27.2 Å². The van der Waals surface area contributed by atoms with Crippen molar-refractivity contribution in [2.24, 2.45) is 4.99 Å². The SMILES string of the molecule is C=C/C(=C\C=C/CC)C1=NC(=O)CO1.CC. The summed E-state index contributed by atoms with van der Waals surface area (Å²) in [4.78, 5) is 14.5. The van der Waals surface area contributed by atoms with E-state index in [2.05, 4.69) is 11.6 Å². The molecule has 16 heavy (non-hydrogen) atoms. The molecule has 0 unspecified atom stereocenters. The predicted molar refractivity (Wildman–Crippen MR) is 67.5 cm³/mol. The Labute approximate surface area is 97.2 Å². The van der Waals surface area contributed by atoms with E-state index in [1.807, 2.05) is 39.0 Å². The number of allylic oxidation sites excluding steroid dienone is 3. The first-order valence-electron chi connectivity index (χ1n) is 5.52. The average molecular weight is 221 g/mol. The molecule has 0 saturated carbocycles. The standard InChI is InChI=1S/C11H13NO2.C2H6/c1-3-5-6-7-9(4-2)11-12-10(13)8-14-11;1-2/h4-7H,2-3,8H2,1H3;1-2H3/b6-5-,9-7+;. The lowest BCUT2D eigenvalue weighted by molar-refractivity contribution is -0.118. The fraction of sp³-hybridized carbons (Fsp3) is 0.385. The van der Waals surface area contributed by atoms with Crippen LogP contribution in [0.25, 0.3) is 0 Å². The molecule has 88 valence electrons. The number of aliphatic imine (C=N–C) groups is 1. The van der Waals surface area contributed by atoms with Gasteiger partial charge in [-0.25, -0.2) is 0 Å². The van der Waals surface area contributed by atoms with E-state index in [0.29, 0.717) is 5.90 Å². The third-order valence-corrected chi connectivity index (χ3v) is 1.67. The van der Waals surface area contributed by atoms with Crippen molar-refractivity contribution in [3.05, 3.63) is 36.5 Å². The molecule has 0 atom stereocenters. The summed E-state index contributed by atoms with van der Waals surface area (Å²) >= 11 is 0. The predicted octanol–water partition coefficient (Wildman–Crippen LogP) is 3.05. The second-order valence-electron chi connectivity index (χ2n) is 2.76. The minimum atomic E-state index is -0.243. The quantitative estimate of drug-likeness (QED) is 0.684. The summed E-state index contributed by atoms with van der Waals surface area (Å²) in [5.74, 6) is 0.123. The Kier molecular flexibility index (Phi) is 7.76. The van der Waals surface area contributed by atoms with Gasteiger partial charge >= 0.3 is 0 Å². The molecular formula is C13H19NO2. The van der Waals surface area contributed by atoms with E-state index < -0.39 is 0 Å². The molecule has 3 nitrogen and oxygen atoms in total. The zero-order valence-electron chi connectivity index (χ0n) is 10.2. The van der Waals surface area contributed by atoms with Gasteiger partial charge in [-0.3, -0.25) is 4.79 Å². The molecule has 0 radical (unpaired) electrons. The normalized spacial score (nSPS) is 15.3. The van der Waals surface area contributed by atoms with Crippen LogP contribution >= 0.6 is 0 Å². The molecule has 0 N–H and O–H groups in total. The van der Waals surface area contributed by atoms with Gasteiger partial charge in [-0.15, -0.1) is 0 Å². The van der Waals surface area contributed by atoms with E-state index in [0.717, 1.165) is 12.0 Å². The zero-order valence-corrected chi connectivity index (χ0v) is 10.2. The van der Waals surface area contributed by atoms with Gasteiger partial charge in [0.1, 0.15) is 0 Å². The molecule has 0 aromatic carbocycles. The van der Waals surface area contributed by atoms with Crippen molar-refractivity contribution >= 4 is 11.8 Å². The first-order valence-corrected chi connectivity index (χ1v) is 5.52. The van der Waals surface area contributed by atoms with Crippen LogP contribution in [0.15, 0.2) is 41.4 Å². The Balaban J connectivity index is 0.00000106. The fourth-order valence-corrected chi connectivity index (χ4v) is 0.990. The maximum absolute atomic E-state index is 10.8. The second kappa shape index (κ2) is 8.65. The third kappa shape index (κ3) is 4.73. The highest BCUT2D eigenvalue weighted by atomic mass is 16.5. The lowest BCUT2D eigenvalue weighted by Crippen LogP contribution is -2.01. The molecule has 1 aliphatic heterocycles. The van der Waals surface area contributed by atoms with Crippen LogP contribution in [0.4, 0.5) is 0 Å². The number of carbonyl (C=O) groups is 1. The average Bonchev–Trinajstić information content (AvgIpc) is 2.74. The van der Waals surface area contributed by atoms with Gasteiger partial charge in [0.25, 0.3) is 5.91 Å². The van der Waals surface area contributed by atoms with Crippen molar-refractivity contribution in [1.82, 2.24) is 0 Å². The van der Waals surface area contributed by atoms with Crippen molar-refractivity contribution in [1.29, 1.82) is 0 Å². The molecule has 1 aliphatic rings. The van der Waals surface area contributed by atoms with Crippen LogP contribution in [-0.2, 0) is 9.53 Å². The number of rotatable bonds is 4. The van der Waals surface area contributed by atoms with E-state index in [4.69, 9.17) is 4.74 Å². The number of carbonyl (C=O) groups excluding carboxylic acids is 1. The molecule has 0 saturated heterocycles. The summed E-state index contributed by atoms with van der Waals surface area (Å²) in [6.07, 6.45) is 8.31. The third-order valence-electron chi connectivity index (χ3n) is 1.67. The van der Waals surface area contributed by atoms with Gasteiger partial charge in [-0.2, -0.15) is 4.99 Å². The largest absolute Gasteiger partial charge is 0.467 e. The molecule has 0 aromatic heterocycles. The van der Waals surface area contributed by atoms with Gasteiger partial charge in [0.05, 0.1) is 0 Å². The van der Waals surface area contributed by atoms with Crippen molar-refractivity contribution < 1.29 is 9.53 Å². The van der Waals surface area contributed by atoms with Gasteiger partial charge in [0.2, 0.25) is 5.90 Å². The van der Waals surface area contributed by atoms with Crippen LogP contribution in [0, 0.1) is 0 Å². The van der Waals surface area contributed by atoms with Gasteiger partial charge in [0, 0.05) is 5.57 Å². The van der Waals surface area contributed by atoms with Crippen LogP contribution in [0.2, 0.25) is 0 Å². The lowest BCUT2D eigenvalue weighted by atomic mass is 10.2. The van der Waals surface area contributed by atoms with Crippen molar-refractivity contribution in [3.63, 3.8) is 0 Å². The van der Waals surface area contributed by atoms with Crippen molar-refractivity contribution in [2.75, 3.05) is 6.61 Å². The van der Waals surface area contributed by atoms with Gasteiger partial charge in [-0.05, 0) is 12.5 Å². The smallest absolute Gasteiger partial charge is 0.286 e. The number of hydrogen-bond donors (Lipinski definition) is 0. The maximum Gasteiger partial charge on any atom is 0.286 e. The molecule has 0 aliphatic carbocycles. The van der Waals surface area contributed by atoms with Crippen LogP contribution < -0.4 is 0 Å². The van der Waals surface area contributed by atoms with E-state index in [1.54, 1.807) is 6.08 Å². The number of hydrogen-bond acceptors (Lipinski definition) is 2. The summed E-state index contributed by atoms with van der Waals surface area (Å²) < 4.78 is 5.08. The summed E-state index contributed by atoms with van der Waals surface area (Å²) in [6.45, 7) is 9.72. The highest BCUT2D eigenvalue weighted by molar-refractivity contribution is 6.07. The molecule has 1 amide bonds. The van der Waals surface area contributed by atoms with E-state index in [1.165, 1.54) is 0 Å². The highest BCUT2D eigenvalue weighted by Crippen LogP contribution is 2.08. The maximum atomic E-state index is 10.8. The van der Waals surface area contributed by atoms with Crippen LogP contribution in [0.5, 0.6) is 0 Å². The van der Waals surface area contributed by atoms with Crippen molar-refractivity contribution in [3.8, 4) is 0 Å². The van der Waals surface area contributed by atoms with Crippen LogP contribution in [0.1, 0.15) is 27.2 Å². The monoisotopic (exact) mass is 221 g/mol. The minimum absolute atomic E-state index is 0.0397.